The van der Waals surface area contributed by atoms with Crippen molar-refractivity contribution in [1.82, 2.24) is 0 Å². The molecular weight excluding hydrogens is 316 g/mol. The van der Waals surface area contributed by atoms with Crippen LogP contribution in [0.5, 0.6) is 11.5 Å². The van der Waals surface area contributed by atoms with Crippen LogP contribution in [-0.4, -0.2) is 19.6 Å². The third kappa shape index (κ3) is 3.85. The Labute approximate surface area is 130 Å². The monoisotopic (exact) mass is 327 g/mol. The van der Waals surface area contributed by atoms with Crippen molar-refractivity contribution in [2.24, 2.45) is 0 Å². The van der Waals surface area contributed by atoms with Crippen LogP contribution in [0.25, 0.3) is 0 Å². The second-order valence-corrected chi connectivity index (χ2v) is 4.59. The first kappa shape index (κ1) is 16.0. The highest BCUT2D eigenvalue weighted by Gasteiger charge is 2.14. The fraction of sp³-hybridized carbons (Fsp3) is 0.133. The molecule has 2 rings (SSSR count). The molecule has 0 spiro atoms. The van der Waals surface area contributed by atoms with Crippen molar-refractivity contribution in [3.8, 4) is 11.5 Å². The number of anilines is 1. The molecule has 4 nitrogen and oxygen atoms in total. The van der Waals surface area contributed by atoms with Gasteiger partial charge in [-0.25, -0.2) is 0 Å². The Bertz CT molecular complexity index is 680. The van der Waals surface area contributed by atoms with E-state index < -0.39 is 12.5 Å². The Kier molecular flexibility index (Phi) is 5.16. The summed E-state index contributed by atoms with van der Waals surface area (Å²) in [5.74, 6) is -0.496. The molecule has 1 N–H and O–H groups in total. The van der Waals surface area contributed by atoms with Crippen LogP contribution in [0.15, 0.2) is 42.5 Å². The number of hydrogen-bond donors (Lipinski definition) is 1. The second kappa shape index (κ2) is 7.09. The first-order chi connectivity index (χ1) is 10.5. The largest absolute Gasteiger partial charge is 0.493 e. The highest BCUT2D eigenvalue weighted by atomic mass is 35.5. The number of alkyl halides is 2. The highest BCUT2D eigenvalue weighted by Crippen LogP contribution is 2.31. The van der Waals surface area contributed by atoms with Crippen molar-refractivity contribution < 1.29 is 23.0 Å². The van der Waals surface area contributed by atoms with Gasteiger partial charge in [-0.05, 0) is 24.3 Å². The van der Waals surface area contributed by atoms with E-state index in [9.17, 15) is 13.6 Å². The zero-order valence-corrected chi connectivity index (χ0v) is 12.2. The van der Waals surface area contributed by atoms with Gasteiger partial charge in [-0.2, -0.15) is 8.78 Å². The van der Waals surface area contributed by atoms with Crippen molar-refractivity contribution in [2.45, 2.75) is 6.61 Å². The van der Waals surface area contributed by atoms with E-state index in [1.165, 1.54) is 25.3 Å². The Morgan fingerprint density at radius 1 is 1.18 bits per heavy atom. The molecule has 2 aromatic rings. The molecule has 116 valence electrons. The number of hydrogen-bond acceptors (Lipinski definition) is 3. The molecule has 0 aliphatic carbocycles. The number of methoxy groups -OCH3 is 1. The Morgan fingerprint density at radius 2 is 1.91 bits per heavy atom. The molecule has 22 heavy (non-hydrogen) atoms. The van der Waals surface area contributed by atoms with E-state index >= 15 is 0 Å². The van der Waals surface area contributed by atoms with Crippen LogP contribution in [-0.2, 0) is 0 Å². The zero-order valence-electron chi connectivity index (χ0n) is 11.5. The molecule has 0 aliphatic rings. The standard InChI is InChI=1S/C15H12ClF2NO3/c1-21-12-7-6-9(8-13(12)22-15(17)18)19-14(20)10-4-2-3-5-11(10)16/h2-8,15H,1H3,(H,19,20). The van der Waals surface area contributed by atoms with Crippen LogP contribution >= 0.6 is 11.6 Å². The van der Waals surface area contributed by atoms with Crippen LogP contribution < -0.4 is 14.8 Å². The molecule has 0 atom stereocenters. The van der Waals surface area contributed by atoms with E-state index in [1.54, 1.807) is 24.3 Å². The molecule has 0 heterocycles. The summed E-state index contributed by atoms with van der Waals surface area (Å²) in [4.78, 5) is 12.1. The van der Waals surface area contributed by atoms with Gasteiger partial charge in [-0.1, -0.05) is 23.7 Å². The average molecular weight is 328 g/mol. The Hall–Kier alpha value is -2.34. The molecule has 0 unspecified atom stereocenters. The van der Waals surface area contributed by atoms with Gasteiger partial charge in [0.2, 0.25) is 0 Å². The number of carbonyl (C=O) groups is 1. The molecule has 0 bridgehead atoms. The van der Waals surface area contributed by atoms with Crippen molar-refractivity contribution in [3.63, 3.8) is 0 Å². The van der Waals surface area contributed by atoms with E-state index in [0.717, 1.165) is 0 Å². The van der Waals surface area contributed by atoms with E-state index in [1.807, 2.05) is 0 Å². The fourth-order valence-corrected chi connectivity index (χ4v) is 2.01. The van der Waals surface area contributed by atoms with Crippen LogP contribution in [0.1, 0.15) is 10.4 Å². The van der Waals surface area contributed by atoms with Gasteiger partial charge >= 0.3 is 6.61 Å². The third-order valence-electron chi connectivity index (χ3n) is 2.76. The van der Waals surface area contributed by atoms with E-state index in [0.29, 0.717) is 0 Å². The Morgan fingerprint density at radius 3 is 2.55 bits per heavy atom. The minimum atomic E-state index is -3.00. The topological polar surface area (TPSA) is 47.6 Å². The molecule has 1 amide bonds. The lowest BCUT2D eigenvalue weighted by Gasteiger charge is -2.12. The van der Waals surface area contributed by atoms with Gasteiger partial charge in [0, 0.05) is 11.8 Å². The molecule has 0 radical (unpaired) electrons. The number of nitrogens with one attached hydrogen (secondary N) is 1. The summed E-state index contributed by atoms with van der Waals surface area (Å²) in [6.45, 7) is -3.00. The van der Waals surface area contributed by atoms with Gasteiger partial charge in [-0.15, -0.1) is 0 Å². The number of amides is 1. The summed E-state index contributed by atoms with van der Waals surface area (Å²) in [7, 11) is 1.33. The lowest BCUT2D eigenvalue weighted by atomic mass is 10.2. The number of carbonyl (C=O) groups excluding carboxylic acids is 1. The van der Waals surface area contributed by atoms with Crippen LogP contribution in [0.3, 0.4) is 0 Å². The maximum Gasteiger partial charge on any atom is 0.387 e. The second-order valence-electron chi connectivity index (χ2n) is 4.18. The van der Waals surface area contributed by atoms with E-state index in [-0.39, 0.29) is 27.8 Å². The van der Waals surface area contributed by atoms with Gasteiger partial charge in [0.1, 0.15) is 0 Å². The maximum absolute atomic E-state index is 12.4. The smallest absolute Gasteiger partial charge is 0.387 e. The van der Waals surface area contributed by atoms with E-state index in [4.69, 9.17) is 16.3 Å². The lowest BCUT2D eigenvalue weighted by Crippen LogP contribution is -2.12. The SMILES string of the molecule is COc1ccc(NC(=O)c2ccccc2Cl)cc1OC(F)F. The summed E-state index contributed by atoms with van der Waals surface area (Å²) in [6, 6.07) is 10.7. The first-order valence-corrected chi connectivity index (χ1v) is 6.58. The molecule has 7 heteroatoms. The predicted molar refractivity (Wildman–Crippen MR) is 79.0 cm³/mol. The summed E-state index contributed by atoms with van der Waals surface area (Å²) in [6.07, 6.45) is 0. The van der Waals surface area contributed by atoms with Gasteiger partial charge in [0.15, 0.2) is 11.5 Å². The van der Waals surface area contributed by atoms with Crippen molar-refractivity contribution >= 4 is 23.2 Å². The number of rotatable bonds is 5. The van der Waals surface area contributed by atoms with Crippen LogP contribution in [0.2, 0.25) is 5.02 Å². The van der Waals surface area contributed by atoms with Crippen molar-refractivity contribution in [3.05, 3.63) is 53.1 Å². The molecule has 0 saturated heterocycles. The third-order valence-corrected chi connectivity index (χ3v) is 3.09. The summed E-state index contributed by atoms with van der Waals surface area (Å²) >= 11 is 5.93. The number of halogens is 3. The van der Waals surface area contributed by atoms with E-state index in [2.05, 4.69) is 10.1 Å². The summed E-state index contributed by atoms with van der Waals surface area (Å²) < 4.78 is 34.0. The first-order valence-electron chi connectivity index (χ1n) is 6.20. The lowest BCUT2D eigenvalue weighted by molar-refractivity contribution is -0.0511. The molecule has 2 aromatic carbocycles. The van der Waals surface area contributed by atoms with Gasteiger partial charge in [0.05, 0.1) is 17.7 Å². The maximum atomic E-state index is 12.4. The molecule has 0 fully saturated rings. The molecule has 0 aromatic heterocycles. The molecule has 0 aliphatic heterocycles. The summed E-state index contributed by atoms with van der Waals surface area (Å²) in [5, 5.41) is 2.85. The predicted octanol–water partition coefficient (Wildman–Crippen LogP) is 4.20. The average Bonchev–Trinajstić information content (AvgIpc) is 2.47. The van der Waals surface area contributed by atoms with Gasteiger partial charge in [0.25, 0.3) is 5.91 Å². The zero-order chi connectivity index (χ0) is 16.1. The highest BCUT2D eigenvalue weighted by molar-refractivity contribution is 6.34. The quantitative estimate of drug-likeness (QED) is 0.895. The Balaban J connectivity index is 2.23. The summed E-state index contributed by atoms with van der Waals surface area (Å²) in [5.41, 5.74) is 0.553. The normalized spacial score (nSPS) is 10.4. The number of ether oxygens (including phenoxy) is 2. The van der Waals surface area contributed by atoms with Crippen molar-refractivity contribution in [1.29, 1.82) is 0 Å². The fourth-order valence-electron chi connectivity index (χ4n) is 1.79. The van der Waals surface area contributed by atoms with Gasteiger partial charge in [-0.3, -0.25) is 4.79 Å². The van der Waals surface area contributed by atoms with Crippen molar-refractivity contribution in [2.75, 3.05) is 12.4 Å². The molecule has 0 saturated carbocycles. The minimum absolute atomic E-state index is 0.135. The molecular formula is C15H12ClF2NO3. The minimum Gasteiger partial charge on any atom is -0.493 e. The van der Waals surface area contributed by atoms with Gasteiger partial charge < -0.3 is 14.8 Å². The number of benzene rings is 2. The van der Waals surface area contributed by atoms with Crippen LogP contribution in [0.4, 0.5) is 14.5 Å². The van der Waals surface area contributed by atoms with Crippen LogP contribution in [0, 0.1) is 0 Å².